The molecule has 0 atom stereocenters. The predicted molar refractivity (Wildman–Crippen MR) is 95.2 cm³/mol. The maximum Gasteiger partial charge on any atom is 0.0438 e. The molecule has 0 heterocycles. The summed E-state index contributed by atoms with van der Waals surface area (Å²) in [5, 5.41) is 1.74. The average Bonchev–Trinajstić information content (AvgIpc) is 2.46. The summed E-state index contributed by atoms with van der Waals surface area (Å²) in [5.41, 5.74) is 2.46. The zero-order valence-corrected chi connectivity index (χ0v) is 14.2. The van der Waals surface area contributed by atoms with Crippen molar-refractivity contribution in [1.29, 1.82) is 0 Å². The van der Waals surface area contributed by atoms with E-state index in [1.54, 1.807) is 0 Å². The molecule has 0 unspecified atom stereocenters. The van der Waals surface area contributed by atoms with Gasteiger partial charge < -0.3 is 0 Å². The first kappa shape index (κ1) is 16.1. The summed E-state index contributed by atoms with van der Waals surface area (Å²) in [4.78, 5) is 0. The van der Waals surface area contributed by atoms with E-state index in [9.17, 15) is 0 Å². The first-order chi connectivity index (χ1) is 9.77. The van der Waals surface area contributed by atoms with Gasteiger partial charge in [0, 0.05) is 21.6 Å². The van der Waals surface area contributed by atoms with E-state index in [-0.39, 0.29) is 0 Å². The molecule has 0 saturated heterocycles. The number of halogens is 2. The third-order valence-corrected chi connectivity index (χ3v) is 6.05. The van der Waals surface area contributed by atoms with E-state index >= 15 is 0 Å². The lowest BCUT2D eigenvalue weighted by molar-refractivity contribution is 1.16. The van der Waals surface area contributed by atoms with Gasteiger partial charge >= 0.3 is 0 Å². The minimum Gasteiger partial charge on any atom is -0.0938 e. The molecule has 2 rings (SSSR count). The summed E-state index contributed by atoms with van der Waals surface area (Å²) < 4.78 is 0. The molecule has 0 aliphatic heterocycles. The molecule has 2 aromatic rings. The third-order valence-electron chi connectivity index (χ3n) is 2.91. The number of benzene rings is 2. The molecule has 106 valence electrons. The van der Waals surface area contributed by atoms with Crippen LogP contribution in [0.5, 0.6) is 0 Å². The summed E-state index contributed by atoms with van der Waals surface area (Å²) in [6, 6.07) is 16.1. The van der Waals surface area contributed by atoms with Gasteiger partial charge in [-0.05, 0) is 36.1 Å². The topological polar surface area (TPSA) is 0 Å². The minimum atomic E-state index is 0.870. The maximum absolute atomic E-state index is 6.13. The van der Waals surface area contributed by atoms with Gasteiger partial charge in [0.2, 0.25) is 0 Å². The molecule has 0 fully saturated rings. The monoisotopic (exact) mass is 342 g/mol. The van der Waals surface area contributed by atoms with Crippen LogP contribution in [0.3, 0.4) is 0 Å². The molecule has 0 spiro atoms. The molecule has 0 aliphatic carbocycles. The lowest BCUT2D eigenvalue weighted by Gasteiger charge is -2.05. The van der Waals surface area contributed by atoms with Crippen molar-refractivity contribution in [2.75, 3.05) is 11.5 Å². The van der Waals surface area contributed by atoms with Gasteiger partial charge in [0.05, 0.1) is 0 Å². The van der Waals surface area contributed by atoms with Crippen LogP contribution in [-0.2, 0) is 12.8 Å². The van der Waals surface area contributed by atoms with E-state index in [1.165, 1.54) is 11.1 Å². The fraction of sp³-hybridized carbons (Fsp3) is 0.250. The molecule has 0 amide bonds. The summed E-state index contributed by atoms with van der Waals surface area (Å²) in [6.07, 6.45) is 2.03. The second kappa shape index (κ2) is 8.89. The number of aryl methyl sites for hydroxylation is 2. The van der Waals surface area contributed by atoms with Crippen LogP contribution in [-0.4, -0.2) is 11.5 Å². The van der Waals surface area contributed by atoms with Gasteiger partial charge in [0.15, 0.2) is 0 Å². The summed E-state index contributed by atoms with van der Waals surface area (Å²) in [6.45, 7) is 0. The Labute approximate surface area is 138 Å². The zero-order valence-electron chi connectivity index (χ0n) is 11.0. The van der Waals surface area contributed by atoms with Crippen molar-refractivity contribution in [3.05, 3.63) is 69.7 Å². The van der Waals surface area contributed by atoms with E-state index in [1.807, 2.05) is 58.0 Å². The van der Waals surface area contributed by atoms with Crippen LogP contribution in [0.15, 0.2) is 48.5 Å². The van der Waals surface area contributed by atoms with Crippen LogP contribution in [0.1, 0.15) is 11.1 Å². The van der Waals surface area contributed by atoms with Gasteiger partial charge in [-0.1, -0.05) is 81.2 Å². The molecular weight excluding hydrogens is 327 g/mol. The van der Waals surface area contributed by atoms with Crippen LogP contribution in [0.2, 0.25) is 10.0 Å². The Morgan fingerprint density at radius 1 is 0.650 bits per heavy atom. The van der Waals surface area contributed by atoms with Crippen LogP contribution >= 0.6 is 44.8 Å². The summed E-state index contributed by atoms with van der Waals surface area (Å²) in [5.74, 6) is 2.16. The summed E-state index contributed by atoms with van der Waals surface area (Å²) in [7, 11) is 3.79. The van der Waals surface area contributed by atoms with Crippen LogP contribution in [0.4, 0.5) is 0 Å². The molecule has 2 aromatic carbocycles. The Morgan fingerprint density at radius 2 is 1.05 bits per heavy atom. The van der Waals surface area contributed by atoms with Crippen LogP contribution in [0, 0.1) is 0 Å². The van der Waals surface area contributed by atoms with Crippen molar-refractivity contribution >= 4 is 44.8 Å². The number of hydrogen-bond acceptors (Lipinski definition) is 2. The molecular formula is C16H16Cl2S2. The molecule has 0 radical (unpaired) electrons. The van der Waals surface area contributed by atoms with E-state index in [0.29, 0.717) is 0 Å². The largest absolute Gasteiger partial charge is 0.0938 e. The molecule has 4 heteroatoms. The fourth-order valence-electron chi connectivity index (χ4n) is 1.82. The minimum absolute atomic E-state index is 0.870. The van der Waals surface area contributed by atoms with E-state index in [0.717, 1.165) is 34.4 Å². The number of hydrogen-bond donors (Lipinski definition) is 0. The molecule has 0 saturated carbocycles. The Morgan fingerprint density at radius 3 is 1.45 bits per heavy atom. The highest BCUT2D eigenvalue weighted by Gasteiger charge is 2.01. The Bertz CT molecular complexity index is 494. The van der Waals surface area contributed by atoms with Crippen molar-refractivity contribution in [1.82, 2.24) is 0 Å². The normalized spacial score (nSPS) is 10.7. The van der Waals surface area contributed by atoms with Gasteiger partial charge in [-0.3, -0.25) is 0 Å². The smallest absolute Gasteiger partial charge is 0.0438 e. The van der Waals surface area contributed by atoms with Gasteiger partial charge in [0.25, 0.3) is 0 Å². The van der Waals surface area contributed by atoms with Crippen LogP contribution in [0.25, 0.3) is 0 Å². The van der Waals surface area contributed by atoms with Gasteiger partial charge in [-0.15, -0.1) is 0 Å². The van der Waals surface area contributed by atoms with Gasteiger partial charge in [0.1, 0.15) is 0 Å². The highest BCUT2D eigenvalue weighted by Crippen LogP contribution is 2.26. The van der Waals surface area contributed by atoms with E-state index in [4.69, 9.17) is 23.2 Å². The SMILES string of the molecule is Clc1ccccc1CCSSCCc1ccccc1Cl. The Hall–Kier alpha value is -0.280. The lowest BCUT2D eigenvalue weighted by atomic mass is 10.2. The highest BCUT2D eigenvalue weighted by atomic mass is 35.5. The van der Waals surface area contributed by atoms with Crippen molar-refractivity contribution < 1.29 is 0 Å². The van der Waals surface area contributed by atoms with Gasteiger partial charge in [-0.2, -0.15) is 0 Å². The van der Waals surface area contributed by atoms with E-state index < -0.39 is 0 Å². The fourth-order valence-corrected chi connectivity index (χ4v) is 4.33. The van der Waals surface area contributed by atoms with Crippen molar-refractivity contribution in [2.45, 2.75) is 12.8 Å². The highest BCUT2D eigenvalue weighted by molar-refractivity contribution is 8.76. The number of rotatable bonds is 7. The second-order valence-corrected chi connectivity index (χ2v) is 7.84. The first-order valence-electron chi connectivity index (χ1n) is 6.48. The predicted octanol–water partition coefficient (Wildman–Crippen LogP) is 6.16. The zero-order chi connectivity index (χ0) is 14.2. The van der Waals surface area contributed by atoms with Crippen molar-refractivity contribution in [2.24, 2.45) is 0 Å². The average molecular weight is 343 g/mol. The second-order valence-electron chi connectivity index (χ2n) is 4.33. The maximum atomic E-state index is 6.13. The molecule has 20 heavy (non-hydrogen) atoms. The standard InChI is InChI=1S/C16H16Cl2S2/c17-15-7-3-1-5-13(15)9-11-19-20-12-10-14-6-2-4-8-16(14)18/h1-8H,9-12H2. The van der Waals surface area contributed by atoms with Crippen molar-refractivity contribution in [3.8, 4) is 0 Å². The first-order valence-corrected chi connectivity index (χ1v) is 9.73. The lowest BCUT2D eigenvalue weighted by Crippen LogP contribution is -1.90. The third kappa shape index (κ3) is 5.25. The molecule has 0 N–H and O–H groups in total. The molecule has 0 aliphatic rings. The quantitative estimate of drug-likeness (QED) is 0.436. The molecule has 0 aromatic heterocycles. The summed E-state index contributed by atoms with van der Waals surface area (Å²) >= 11 is 12.3. The molecule has 0 nitrogen and oxygen atoms in total. The van der Waals surface area contributed by atoms with Crippen molar-refractivity contribution in [3.63, 3.8) is 0 Å². The van der Waals surface area contributed by atoms with E-state index in [2.05, 4.69) is 12.1 Å². The molecule has 0 bridgehead atoms. The van der Waals surface area contributed by atoms with Gasteiger partial charge in [-0.25, -0.2) is 0 Å². The Balaban J connectivity index is 1.63. The Kier molecular flexibility index (Phi) is 7.15. The van der Waals surface area contributed by atoms with Crippen LogP contribution < -0.4 is 0 Å².